The van der Waals surface area contributed by atoms with Crippen LogP contribution in [0.15, 0.2) is 12.7 Å². The largest absolute Gasteiger partial charge is 0.463 e. The van der Waals surface area contributed by atoms with Crippen molar-refractivity contribution in [1.29, 1.82) is 0 Å². The highest BCUT2D eigenvalue weighted by Gasteiger charge is 2.26. The highest BCUT2D eigenvalue weighted by atomic mass is 16.6. The van der Waals surface area contributed by atoms with Gasteiger partial charge in [0.1, 0.15) is 6.61 Å². The van der Waals surface area contributed by atoms with E-state index in [0.29, 0.717) is 33.0 Å². The fraction of sp³-hybridized carbons (Fsp3) is 0.769. The number of ether oxygens (including phenoxy) is 3. The Kier molecular flexibility index (Phi) is 8.72. The van der Waals surface area contributed by atoms with E-state index in [4.69, 9.17) is 14.2 Å². The predicted octanol–water partition coefficient (Wildman–Crippen LogP) is 2.18. The van der Waals surface area contributed by atoms with Gasteiger partial charge in [-0.15, -0.1) is 6.58 Å². The van der Waals surface area contributed by atoms with Crippen molar-refractivity contribution >= 4 is 5.97 Å². The molecule has 0 saturated carbocycles. The number of rotatable bonds is 10. The summed E-state index contributed by atoms with van der Waals surface area (Å²) in [6.45, 7) is 11.5. The maximum atomic E-state index is 11.6. The van der Waals surface area contributed by atoms with Crippen molar-refractivity contribution in [1.82, 2.24) is 0 Å². The van der Waals surface area contributed by atoms with E-state index in [9.17, 15) is 4.79 Å². The van der Waals surface area contributed by atoms with Crippen molar-refractivity contribution in [2.75, 3.05) is 33.0 Å². The van der Waals surface area contributed by atoms with E-state index in [1.165, 1.54) is 0 Å². The van der Waals surface area contributed by atoms with Crippen LogP contribution in [0.5, 0.6) is 0 Å². The van der Waals surface area contributed by atoms with Gasteiger partial charge in [0.25, 0.3) is 0 Å². The minimum Gasteiger partial charge on any atom is -0.463 e. The molecule has 0 unspecified atom stereocenters. The summed E-state index contributed by atoms with van der Waals surface area (Å²) >= 11 is 0. The molecule has 0 saturated heterocycles. The Bertz CT molecular complexity index is 223. The van der Waals surface area contributed by atoms with Crippen LogP contribution < -0.4 is 0 Å². The van der Waals surface area contributed by atoms with Crippen LogP contribution in [-0.4, -0.2) is 39.0 Å². The topological polar surface area (TPSA) is 44.8 Å². The molecule has 0 N–H and O–H groups in total. The van der Waals surface area contributed by atoms with Crippen LogP contribution in [0.4, 0.5) is 0 Å². The lowest BCUT2D eigenvalue weighted by molar-refractivity contribution is -0.155. The van der Waals surface area contributed by atoms with Crippen molar-refractivity contribution in [3.8, 4) is 0 Å². The van der Waals surface area contributed by atoms with Gasteiger partial charge in [-0.3, -0.25) is 4.79 Å². The molecule has 17 heavy (non-hydrogen) atoms. The van der Waals surface area contributed by atoms with Gasteiger partial charge in [-0.25, -0.2) is 0 Å². The van der Waals surface area contributed by atoms with Gasteiger partial charge in [-0.1, -0.05) is 13.0 Å². The minimum absolute atomic E-state index is 0.175. The van der Waals surface area contributed by atoms with Gasteiger partial charge in [0.15, 0.2) is 0 Å². The summed E-state index contributed by atoms with van der Waals surface area (Å²) in [6.07, 6.45) is 2.46. The molecule has 100 valence electrons. The molecular weight excluding hydrogens is 220 g/mol. The number of carbonyl (C=O) groups is 1. The first kappa shape index (κ1) is 16.1. The summed E-state index contributed by atoms with van der Waals surface area (Å²) in [6, 6.07) is 0. The zero-order valence-corrected chi connectivity index (χ0v) is 11.2. The normalized spacial score (nSPS) is 11.2. The van der Waals surface area contributed by atoms with E-state index in [1.807, 2.05) is 20.8 Å². The number of hydrogen-bond donors (Lipinski definition) is 0. The second kappa shape index (κ2) is 9.19. The van der Waals surface area contributed by atoms with Gasteiger partial charge in [0.2, 0.25) is 0 Å². The lowest BCUT2D eigenvalue weighted by Gasteiger charge is -2.20. The molecule has 0 aliphatic carbocycles. The number of carbonyl (C=O) groups excluding carboxylic acids is 1. The Labute approximate surface area is 104 Å². The lowest BCUT2D eigenvalue weighted by Crippen LogP contribution is -2.27. The molecule has 0 heterocycles. The minimum atomic E-state index is -0.410. The van der Waals surface area contributed by atoms with Crippen LogP contribution in [0, 0.1) is 5.41 Å². The molecule has 0 aliphatic rings. The zero-order chi connectivity index (χ0) is 13.1. The van der Waals surface area contributed by atoms with Crippen LogP contribution in [-0.2, 0) is 19.0 Å². The molecule has 0 aromatic rings. The molecule has 0 atom stereocenters. The van der Waals surface area contributed by atoms with E-state index in [2.05, 4.69) is 6.58 Å². The molecular formula is C13H24O4. The van der Waals surface area contributed by atoms with Gasteiger partial charge in [0, 0.05) is 0 Å². The lowest BCUT2D eigenvalue weighted by atomic mass is 9.91. The average molecular weight is 244 g/mol. The van der Waals surface area contributed by atoms with E-state index in [0.717, 1.165) is 6.42 Å². The van der Waals surface area contributed by atoms with Crippen LogP contribution >= 0.6 is 0 Å². The smallest absolute Gasteiger partial charge is 0.311 e. The quantitative estimate of drug-likeness (QED) is 0.336. The van der Waals surface area contributed by atoms with E-state index in [-0.39, 0.29) is 5.97 Å². The summed E-state index contributed by atoms with van der Waals surface area (Å²) in [7, 11) is 0. The van der Waals surface area contributed by atoms with Crippen molar-refractivity contribution in [2.45, 2.75) is 27.2 Å². The van der Waals surface area contributed by atoms with E-state index >= 15 is 0 Å². The second-order valence-electron chi connectivity index (χ2n) is 4.35. The first-order valence-corrected chi connectivity index (χ1v) is 5.98. The van der Waals surface area contributed by atoms with Gasteiger partial charge in [0.05, 0.1) is 31.8 Å². The highest BCUT2D eigenvalue weighted by Crippen LogP contribution is 2.21. The molecule has 0 amide bonds. The predicted molar refractivity (Wildman–Crippen MR) is 66.9 cm³/mol. The first-order valence-electron chi connectivity index (χ1n) is 5.98. The van der Waals surface area contributed by atoms with E-state index < -0.39 is 5.41 Å². The Morgan fingerprint density at radius 1 is 1.18 bits per heavy atom. The van der Waals surface area contributed by atoms with Crippen molar-refractivity contribution < 1.29 is 19.0 Å². The van der Waals surface area contributed by atoms with Gasteiger partial charge >= 0.3 is 5.97 Å². The Hall–Kier alpha value is -0.870. The summed E-state index contributed by atoms with van der Waals surface area (Å²) < 4.78 is 15.5. The summed E-state index contributed by atoms with van der Waals surface area (Å²) in [5.74, 6) is -0.175. The first-order chi connectivity index (χ1) is 8.04. The Balaban J connectivity index is 3.40. The third-order valence-corrected chi connectivity index (χ3v) is 2.51. The fourth-order valence-electron chi connectivity index (χ4n) is 0.920. The molecule has 0 rings (SSSR count). The van der Waals surface area contributed by atoms with E-state index in [1.54, 1.807) is 6.08 Å². The standard InChI is InChI=1S/C13H24O4/c1-5-7-15-8-9-16-10-11-17-12(14)13(3,4)6-2/h5H,1,6-11H2,2-4H3. The Morgan fingerprint density at radius 2 is 1.76 bits per heavy atom. The maximum Gasteiger partial charge on any atom is 0.311 e. The van der Waals surface area contributed by atoms with Crippen LogP contribution in [0.3, 0.4) is 0 Å². The molecule has 0 aromatic heterocycles. The summed E-state index contributed by atoms with van der Waals surface area (Å²) in [4.78, 5) is 11.6. The SMILES string of the molecule is C=CCOCCOCCOC(=O)C(C)(C)CC. The third-order valence-electron chi connectivity index (χ3n) is 2.51. The maximum absolute atomic E-state index is 11.6. The second-order valence-corrected chi connectivity index (χ2v) is 4.35. The molecule has 0 bridgehead atoms. The Morgan fingerprint density at radius 3 is 2.35 bits per heavy atom. The molecule has 0 aromatic carbocycles. The summed E-state index contributed by atoms with van der Waals surface area (Å²) in [5.41, 5.74) is -0.410. The number of esters is 1. The van der Waals surface area contributed by atoms with Gasteiger partial charge in [-0.05, 0) is 20.3 Å². The van der Waals surface area contributed by atoms with Crippen molar-refractivity contribution in [2.24, 2.45) is 5.41 Å². The van der Waals surface area contributed by atoms with Crippen molar-refractivity contribution in [3.05, 3.63) is 12.7 Å². The molecule has 4 nitrogen and oxygen atoms in total. The molecule has 0 spiro atoms. The molecule has 0 radical (unpaired) electrons. The zero-order valence-electron chi connectivity index (χ0n) is 11.2. The van der Waals surface area contributed by atoms with Crippen molar-refractivity contribution in [3.63, 3.8) is 0 Å². The highest BCUT2D eigenvalue weighted by molar-refractivity contribution is 5.75. The molecule has 4 heteroatoms. The number of hydrogen-bond acceptors (Lipinski definition) is 4. The molecule has 0 fully saturated rings. The fourth-order valence-corrected chi connectivity index (χ4v) is 0.920. The van der Waals surface area contributed by atoms with Gasteiger partial charge < -0.3 is 14.2 Å². The molecule has 0 aliphatic heterocycles. The summed E-state index contributed by atoms with van der Waals surface area (Å²) in [5, 5.41) is 0. The average Bonchev–Trinajstić information content (AvgIpc) is 2.32. The van der Waals surface area contributed by atoms with Crippen LogP contribution in [0.1, 0.15) is 27.2 Å². The van der Waals surface area contributed by atoms with Crippen LogP contribution in [0.2, 0.25) is 0 Å². The van der Waals surface area contributed by atoms with Gasteiger partial charge in [-0.2, -0.15) is 0 Å². The third kappa shape index (κ3) is 7.94. The van der Waals surface area contributed by atoms with Crippen LogP contribution in [0.25, 0.3) is 0 Å². The monoisotopic (exact) mass is 244 g/mol.